The van der Waals surface area contributed by atoms with Crippen molar-refractivity contribution in [3.63, 3.8) is 0 Å². The van der Waals surface area contributed by atoms with E-state index < -0.39 is 28.8 Å². The van der Waals surface area contributed by atoms with Gasteiger partial charge >= 0.3 is 12.1 Å². The van der Waals surface area contributed by atoms with Gasteiger partial charge in [0.15, 0.2) is 5.01 Å². The summed E-state index contributed by atoms with van der Waals surface area (Å²) in [4.78, 5) is 24.5. The Hall–Kier alpha value is -1.90. The van der Waals surface area contributed by atoms with Crippen LogP contribution in [-0.4, -0.2) is 22.0 Å². The molecule has 9 heteroatoms. The number of rotatable bonds is 3. The fourth-order valence-electron chi connectivity index (χ4n) is 0.968. The number of carboxylic acid groups (broad SMARTS) is 1. The van der Waals surface area contributed by atoms with Crippen LogP contribution in [0.4, 0.5) is 13.2 Å². The number of carboxylic acids is 1. The smallest absolute Gasteiger partial charge is 0.443 e. The highest BCUT2D eigenvalue weighted by molar-refractivity contribution is 7.12. The molecule has 0 bridgehead atoms. The van der Waals surface area contributed by atoms with E-state index in [9.17, 15) is 22.8 Å². The van der Waals surface area contributed by atoms with Crippen molar-refractivity contribution >= 4 is 29.3 Å². The number of thiazole rings is 1. The van der Waals surface area contributed by atoms with Gasteiger partial charge in [-0.15, -0.1) is 11.3 Å². The average Bonchev–Trinajstić information content (AvgIpc) is 2.63. The van der Waals surface area contributed by atoms with Crippen molar-refractivity contribution in [1.82, 2.24) is 10.3 Å². The van der Waals surface area contributed by atoms with Gasteiger partial charge < -0.3 is 10.4 Å². The Morgan fingerprint density at radius 3 is 2.50 bits per heavy atom. The fraction of sp³-hybridized carbons (Fsp3) is 0.222. The van der Waals surface area contributed by atoms with E-state index >= 15 is 0 Å². The lowest BCUT2D eigenvalue weighted by atomic mass is 10.3. The van der Waals surface area contributed by atoms with Crippen molar-refractivity contribution in [3.8, 4) is 0 Å². The lowest BCUT2D eigenvalue weighted by Gasteiger charge is -2.01. The van der Waals surface area contributed by atoms with E-state index in [1.54, 1.807) is 0 Å². The van der Waals surface area contributed by atoms with Crippen LogP contribution in [0.15, 0.2) is 11.9 Å². The predicted octanol–water partition coefficient (Wildman–Crippen LogP) is 1.72. The molecule has 5 nitrogen and oxygen atoms in total. The molecule has 0 aliphatic rings. The third-order valence-electron chi connectivity index (χ3n) is 1.59. The second kappa shape index (κ2) is 5.17. The van der Waals surface area contributed by atoms with Gasteiger partial charge in [-0.2, -0.15) is 13.2 Å². The highest BCUT2D eigenvalue weighted by Crippen LogP contribution is 2.32. The molecule has 0 aliphatic heterocycles. The first kappa shape index (κ1) is 14.2. The topological polar surface area (TPSA) is 79.3 Å². The molecule has 2 N–H and O–H groups in total. The molecule has 1 heterocycles. The number of aromatic nitrogens is 1. The summed E-state index contributed by atoms with van der Waals surface area (Å²) in [7, 11) is 0. The van der Waals surface area contributed by atoms with Gasteiger partial charge in [-0.1, -0.05) is 0 Å². The second-order valence-electron chi connectivity index (χ2n) is 3.11. The van der Waals surface area contributed by atoms with E-state index in [0.717, 1.165) is 19.2 Å². The van der Waals surface area contributed by atoms with Gasteiger partial charge in [0.2, 0.25) is 5.91 Å². The number of hydrogen-bond donors (Lipinski definition) is 2. The summed E-state index contributed by atoms with van der Waals surface area (Å²) < 4.78 is 36.7. The molecule has 98 valence electrons. The summed E-state index contributed by atoms with van der Waals surface area (Å²) in [6.45, 7) is 1.09. The molecule has 0 saturated carbocycles. The molecule has 0 radical (unpaired) electrons. The van der Waals surface area contributed by atoms with Crippen molar-refractivity contribution in [2.24, 2.45) is 0 Å². The molecule has 0 aliphatic carbocycles. The summed E-state index contributed by atoms with van der Waals surface area (Å²) >= 11 is 0.286. The van der Waals surface area contributed by atoms with Crippen molar-refractivity contribution in [2.75, 3.05) is 0 Å². The first-order chi connectivity index (χ1) is 8.20. The van der Waals surface area contributed by atoms with E-state index in [0.29, 0.717) is 0 Å². The van der Waals surface area contributed by atoms with Crippen LogP contribution in [0.3, 0.4) is 0 Å². The Morgan fingerprint density at radius 2 is 2.11 bits per heavy atom. The molecule has 0 saturated heterocycles. The summed E-state index contributed by atoms with van der Waals surface area (Å²) in [5, 5.41) is 9.64. The molecule has 1 aromatic rings. The minimum atomic E-state index is -4.58. The van der Waals surface area contributed by atoms with Crippen LogP contribution in [0.2, 0.25) is 0 Å². The van der Waals surface area contributed by atoms with E-state index in [1.807, 2.05) is 5.32 Å². The van der Waals surface area contributed by atoms with Crippen LogP contribution >= 0.6 is 11.3 Å². The van der Waals surface area contributed by atoms with Gasteiger partial charge in [0.1, 0.15) is 5.70 Å². The van der Waals surface area contributed by atoms with Gasteiger partial charge in [-0.3, -0.25) is 4.79 Å². The molecule has 1 amide bonds. The Labute approximate surface area is 103 Å². The zero-order valence-corrected chi connectivity index (χ0v) is 9.72. The predicted molar refractivity (Wildman–Crippen MR) is 56.5 cm³/mol. The zero-order valence-electron chi connectivity index (χ0n) is 8.91. The molecule has 0 atom stereocenters. The van der Waals surface area contributed by atoms with Gasteiger partial charge in [-0.25, -0.2) is 9.78 Å². The third kappa shape index (κ3) is 3.84. The summed E-state index contributed by atoms with van der Waals surface area (Å²) in [6.07, 6.45) is -2.77. The highest BCUT2D eigenvalue weighted by atomic mass is 32.1. The fourth-order valence-corrected chi connectivity index (χ4v) is 1.69. The highest BCUT2D eigenvalue weighted by Gasteiger charge is 2.34. The number of carbonyl (C=O) groups is 2. The Bertz CT molecular complexity index is 507. The van der Waals surface area contributed by atoms with Crippen LogP contribution < -0.4 is 5.32 Å². The van der Waals surface area contributed by atoms with Crippen molar-refractivity contribution in [2.45, 2.75) is 13.1 Å². The molecule has 0 aromatic carbocycles. The van der Waals surface area contributed by atoms with E-state index in [1.165, 1.54) is 0 Å². The number of nitrogens with one attached hydrogen (secondary N) is 1. The van der Waals surface area contributed by atoms with Crippen LogP contribution in [-0.2, 0) is 15.8 Å². The van der Waals surface area contributed by atoms with Gasteiger partial charge in [0.05, 0.1) is 0 Å². The minimum Gasteiger partial charge on any atom is -0.477 e. The van der Waals surface area contributed by atoms with E-state index in [-0.39, 0.29) is 16.2 Å². The Morgan fingerprint density at radius 1 is 1.50 bits per heavy atom. The number of alkyl halides is 3. The average molecular weight is 280 g/mol. The van der Waals surface area contributed by atoms with Crippen LogP contribution in [0.25, 0.3) is 6.08 Å². The standard InChI is InChI=1S/C9H7F3N2O3S/c1-4(15)14-6(7(16)17)2-5-3-13-8(18-5)9(10,11)12/h2-3H,1H3,(H,14,15)(H,16,17). The van der Waals surface area contributed by atoms with Gasteiger partial charge in [0, 0.05) is 18.0 Å². The van der Waals surface area contributed by atoms with E-state index in [2.05, 4.69) is 4.98 Å². The SMILES string of the molecule is CC(=O)NC(=Cc1cnc(C(F)(F)F)s1)C(=O)O. The quantitative estimate of drug-likeness (QED) is 0.826. The largest absolute Gasteiger partial charge is 0.477 e. The third-order valence-corrected chi connectivity index (χ3v) is 2.58. The second-order valence-corrected chi connectivity index (χ2v) is 4.17. The van der Waals surface area contributed by atoms with E-state index in [4.69, 9.17) is 5.11 Å². The first-order valence-electron chi connectivity index (χ1n) is 4.45. The number of carbonyl (C=O) groups excluding carboxylic acids is 1. The van der Waals surface area contributed by atoms with Gasteiger partial charge in [0.25, 0.3) is 0 Å². The maximum absolute atomic E-state index is 12.2. The van der Waals surface area contributed by atoms with Crippen molar-refractivity contribution in [1.29, 1.82) is 0 Å². The summed E-state index contributed by atoms with van der Waals surface area (Å²) in [6, 6.07) is 0. The number of aliphatic carboxylic acids is 1. The number of halogens is 3. The Kier molecular flexibility index (Phi) is 4.07. The number of nitrogens with zero attached hydrogens (tertiary/aromatic N) is 1. The molecule has 18 heavy (non-hydrogen) atoms. The molecule has 0 fully saturated rings. The maximum atomic E-state index is 12.2. The molecule has 0 unspecified atom stereocenters. The summed E-state index contributed by atoms with van der Waals surface area (Å²) in [5.74, 6) is -2.09. The normalized spacial score (nSPS) is 12.3. The number of amides is 1. The molecule has 1 aromatic heterocycles. The molecule has 0 spiro atoms. The Balaban J connectivity index is 3.02. The monoisotopic (exact) mass is 280 g/mol. The van der Waals surface area contributed by atoms with Crippen molar-refractivity contribution < 1.29 is 27.9 Å². The lowest BCUT2D eigenvalue weighted by Crippen LogP contribution is -2.24. The minimum absolute atomic E-state index is 0.0199. The number of hydrogen-bond acceptors (Lipinski definition) is 4. The summed E-state index contributed by atoms with van der Waals surface area (Å²) in [5.41, 5.74) is -0.514. The lowest BCUT2D eigenvalue weighted by molar-refractivity contribution is -0.137. The zero-order chi connectivity index (χ0) is 13.9. The maximum Gasteiger partial charge on any atom is 0.443 e. The molecular weight excluding hydrogens is 273 g/mol. The van der Waals surface area contributed by atoms with Crippen LogP contribution in [0, 0.1) is 0 Å². The first-order valence-corrected chi connectivity index (χ1v) is 5.27. The molecule has 1 rings (SSSR count). The van der Waals surface area contributed by atoms with Gasteiger partial charge in [-0.05, 0) is 6.08 Å². The molecular formula is C9H7F3N2O3S. The van der Waals surface area contributed by atoms with Crippen LogP contribution in [0.1, 0.15) is 16.8 Å². The van der Waals surface area contributed by atoms with Crippen LogP contribution in [0.5, 0.6) is 0 Å². The van der Waals surface area contributed by atoms with Crippen molar-refractivity contribution in [3.05, 3.63) is 21.8 Å².